The summed E-state index contributed by atoms with van der Waals surface area (Å²) in [7, 11) is 3.93. The molecule has 0 spiro atoms. The van der Waals surface area contributed by atoms with Crippen LogP contribution < -0.4 is 4.74 Å². The number of aromatic amines is 2. The molecule has 11 heteroatoms. The van der Waals surface area contributed by atoms with Crippen molar-refractivity contribution in [2.24, 2.45) is 0 Å². The Morgan fingerprint density at radius 2 is 1.88 bits per heavy atom. The van der Waals surface area contributed by atoms with Crippen molar-refractivity contribution in [2.75, 3.05) is 40.3 Å². The second-order valence-corrected chi connectivity index (χ2v) is 11.2. The molecule has 1 fully saturated rings. The number of likely N-dealkylation sites (N-methyl/N-ethyl adjacent to an activating group) is 1. The summed E-state index contributed by atoms with van der Waals surface area (Å²) in [4.78, 5) is 26.4. The van der Waals surface area contributed by atoms with Gasteiger partial charge in [-0.2, -0.15) is 5.10 Å². The van der Waals surface area contributed by atoms with Crippen LogP contribution in [0.5, 0.6) is 5.75 Å². The van der Waals surface area contributed by atoms with Crippen molar-refractivity contribution >= 4 is 22.1 Å². The van der Waals surface area contributed by atoms with Crippen molar-refractivity contribution in [3.8, 4) is 39.7 Å². The Morgan fingerprint density at radius 1 is 1.00 bits per heavy atom. The van der Waals surface area contributed by atoms with Gasteiger partial charge in [0, 0.05) is 54.3 Å². The van der Waals surface area contributed by atoms with Crippen LogP contribution in [0.25, 0.3) is 56.0 Å². The number of aromatic nitrogens is 7. The van der Waals surface area contributed by atoms with Crippen LogP contribution in [0.15, 0.2) is 61.2 Å². The molecule has 0 bridgehead atoms. The zero-order chi connectivity index (χ0) is 29.3. The highest BCUT2D eigenvalue weighted by atomic mass is 19.1. The van der Waals surface area contributed by atoms with Gasteiger partial charge in [-0.25, -0.2) is 14.4 Å². The number of fused-ring (bicyclic) bond motifs is 2. The Balaban J connectivity index is 1.22. The van der Waals surface area contributed by atoms with Crippen LogP contribution in [0.4, 0.5) is 4.39 Å². The minimum absolute atomic E-state index is 0.379. The fraction of sp³-hybridized carbons (Fsp3) is 0.281. The fourth-order valence-corrected chi connectivity index (χ4v) is 5.57. The van der Waals surface area contributed by atoms with E-state index in [2.05, 4.69) is 41.1 Å². The summed E-state index contributed by atoms with van der Waals surface area (Å²) >= 11 is 0. The molecule has 6 heterocycles. The molecule has 1 aliphatic rings. The van der Waals surface area contributed by atoms with Gasteiger partial charge >= 0.3 is 0 Å². The summed E-state index contributed by atoms with van der Waals surface area (Å²) in [6, 6.07) is 10.7. The van der Waals surface area contributed by atoms with Gasteiger partial charge in [-0.1, -0.05) is 0 Å². The number of nitrogens with zero attached hydrogens (tertiary/aromatic N) is 7. The number of ether oxygens (including phenoxy) is 1. The highest BCUT2D eigenvalue weighted by Crippen LogP contribution is 2.33. The second-order valence-electron chi connectivity index (χ2n) is 11.2. The highest BCUT2D eigenvalue weighted by molar-refractivity contribution is 5.96. The predicted octanol–water partition coefficient (Wildman–Crippen LogP) is 5.30. The Morgan fingerprint density at radius 3 is 2.74 bits per heavy atom. The number of rotatable bonds is 9. The lowest BCUT2D eigenvalue weighted by atomic mass is 10.1. The molecule has 7 rings (SSSR count). The number of H-pyrrole nitrogens is 2. The maximum Gasteiger partial charge on any atom is 0.160 e. The Hall–Kier alpha value is -4.74. The Labute approximate surface area is 248 Å². The first kappa shape index (κ1) is 27.1. The van der Waals surface area contributed by atoms with Crippen LogP contribution >= 0.6 is 0 Å². The maximum atomic E-state index is 14.6. The zero-order valence-corrected chi connectivity index (χ0v) is 24.1. The lowest BCUT2D eigenvalue weighted by Gasteiger charge is -2.14. The van der Waals surface area contributed by atoms with Gasteiger partial charge in [0.2, 0.25) is 0 Å². The third kappa shape index (κ3) is 5.69. The van der Waals surface area contributed by atoms with Crippen molar-refractivity contribution < 1.29 is 9.13 Å². The van der Waals surface area contributed by atoms with E-state index in [9.17, 15) is 4.39 Å². The molecule has 1 aliphatic heterocycles. The Kier molecular flexibility index (Phi) is 7.25. The number of hydrogen-bond donors (Lipinski definition) is 2. The molecule has 0 saturated carbocycles. The summed E-state index contributed by atoms with van der Waals surface area (Å²) in [6.45, 7) is 4.33. The molecule has 6 aromatic rings. The van der Waals surface area contributed by atoms with Crippen molar-refractivity contribution in [2.45, 2.75) is 19.4 Å². The van der Waals surface area contributed by atoms with Gasteiger partial charge in [0.25, 0.3) is 0 Å². The third-order valence-electron chi connectivity index (χ3n) is 7.74. The molecule has 1 aromatic carbocycles. The smallest absolute Gasteiger partial charge is 0.160 e. The SMILES string of the molecule is CN(C)CCOc1cc(F)cc(-c2ccnc3[nH]c(-c4n[nH]c5cnc(-c6cncc(CN7CCCC7)c6)cc45)nc23)c1. The number of imidazole rings is 1. The van der Waals surface area contributed by atoms with Gasteiger partial charge in [0.1, 0.15) is 29.4 Å². The summed E-state index contributed by atoms with van der Waals surface area (Å²) in [6.07, 6.45) is 9.75. The molecule has 10 nitrogen and oxygen atoms in total. The van der Waals surface area contributed by atoms with Crippen molar-refractivity contribution in [3.05, 3.63) is 72.6 Å². The van der Waals surface area contributed by atoms with Crippen molar-refractivity contribution in [1.82, 2.24) is 44.9 Å². The largest absolute Gasteiger partial charge is 0.492 e. The van der Waals surface area contributed by atoms with Crippen LogP contribution in [0.1, 0.15) is 18.4 Å². The van der Waals surface area contributed by atoms with Gasteiger partial charge in [-0.15, -0.1) is 0 Å². The molecule has 0 atom stereocenters. The minimum atomic E-state index is -0.379. The molecule has 1 saturated heterocycles. The van der Waals surface area contributed by atoms with Crippen LogP contribution in [0, 0.1) is 5.82 Å². The number of hydrogen-bond acceptors (Lipinski definition) is 8. The first-order valence-electron chi connectivity index (χ1n) is 14.4. The maximum absolute atomic E-state index is 14.6. The molecule has 0 aliphatic carbocycles. The van der Waals surface area contributed by atoms with Gasteiger partial charge in [-0.3, -0.25) is 20.0 Å². The molecule has 0 amide bonds. The molecule has 43 heavy (non-hydrogen) atoms. The second kappa shape index (κ2) is 11.5. The Bertz CT molecular complexity index is 1910. The topological polar surface area (TPSA) is 112 Å². The number of nitrogens with one attached hydrogen (secondary N) is 2. The van der Waals surface area contributed by atoms with Gasteiger partial charge in [-0.05, 0) is 81.5 Å². The van der Waals surface area contributed by atoms with E-state index in [1.165, 1.54) is 30.5 Å². The molecule has 0 unspecified atom stereocenters. The number of benzene rings is 1. The lowest BCUT2D eigenvalue weighted by Crippen LogP contribution is -2.19. The van der Waals surface area contributed by atoms with E-state index >= 15 is 0 Å². The summed E-state index contributed by atoms with van der Waals surface area (Å²) < 4.78 is 20.5. The van der Waals surface area contributed by atoms with Crippen LogP contribution in [-0.2, 0) is 6.54 Å². The van der Waals surface area contributed by atoms with E-state index in [0.717, 1.165) is 53.9 Å². The first-order valence-corrected chi connectivity index (χ1v) is 14.4. The molecule has 2 N–H and O–H groups in total. The minimum Gasteiger partial charge on any atom is -0.492 e. The summed E-state index contributed by atoms with van der Waals surface area (Å²) in [5.41, 5.74) is 6.97. The van der Waals surface area contributed by atoms with E-state index in [-0.39, 0.29) is 5.82 Å². The number of halogens is 1. The van der Waals surface area contributed by atoms with E-state index in [1.54, 1.807) is 12.4 Å². The fourth-order valence-electron chi connectivity index (χ4n) is 5.57. The van der Waals surface area contributed by atoms with Crippen molar-refractivity contribution in [1.29, 1.82) is 0 Å². The third-order valence-corrected chi connectivity index (χ3v) is 7.74. The first-order chi connectivity index (χ1) is 21.0. The number of pyridine rings is 3. The van der Waals surface area contributed by atoms with Crippen LogP contribution in [0.2, 0.25) is 0 Å². The van der Waals surface area contributed by atoms with Gasteiger partial charge in [0.05, 0.1) is 17.4 Å². The van der Waals surface area contributed by atoms with Crippen LogP contribution in [-0.4, -0.2) is 85.3 Å². The molecular weight excluding hydrogens is 545 g/mol. The normalized spacial score (nSPS) is 14.0. The van der Waals surface area contributed by atoms with Gasteiger partial charge in [0.15, 0.2) is 11.5 Å². The van der Waals surface area contributed by atoms with E-state index in [0.29, 0.717) is 40.6 Å². The van der Waals surface area contributed by atoms with E-state index < -0.39 is 0 Å². The monoisotopic (exact) mass is 577 g/mol. The lowest BCUT2D eigenvalue weighted by molar-refractivity contribution is 0.260. The zero-order valence-electron chi connectivity index (χ0n) is 24.1. The average molecular weight is 578 g/mol. The molecule has 5 aromatic heterocycles. The summed E-state index contributed by atoms with van der Waals surface area (Å²) in [5.74, 6) is 0.642. The molecule has 0 radical (unpaired) electrons. The predicted molar refractivity (Wildman–Crippen MR) is 164 cm³/mol. The van der Waals surface area contributed by atoms with Gasteiger partial charge < -0.3 is 14.6 Å². The van der Waals surface area contributed by atoms with Crippen molar-refractivity contribution in [3.63, 3.8) is 0 Å². The molecular formula is C32H32FN9O. The summed E-state index contributed by atoms with van der Waals surface area (Å²) in [5, 5.41) is 8.51. The van der Waals surface area contributed by atoms with E-state index in [1.807, 2.05) is 49.6 Å². The van der Waals surface area contributed by atoms with Crippen LogP contribution in [0.3, 0.4) is 0 Å². The highest BCUT2D eigenvalue weighted by Gasteiger charge is 2.18. The van der Waals surface area contributed by atoms with E-state index in [4.69, 9.17) is 9.72 Å². The standard InChI is InChI=1S/C32H32FN9O/c1-41(2)9-10-43-24-13-21(12-23(33)14-24)25-5-6-35-31-29(25)37-32(38-31)30-26-15-27(36-18-28(26)39-40-30)22-11-20(16-34-17-22)19-42-7-3-4-8-42/h5-6,11-18H,3-4,7-10,19H2,1-2H3,(H,39,40)(H,35,37,38). The quantitative estimate of drug-likeness (QED) is 0.238. The molecule has 218 valence electrons. The average Bonchev–Trinajstić information content (AvgIpc) is 3.76. The number of likely N-dealkylation sites (tertiary alicyclic amines) is 1.